The van der Waals surface area contributed by atoms with Crippen LogP contribution < -0.4 is 10.6 Å². The lowest BCUT2D eigenvalue weighted by Crippen LogP contribution is -2.62. The Hall–Kier alpha value is -2.86. The third kappa shape index (κ3) is 2.85. The predicted molar refractivity (Wildman–Crippen MR) is 96.4 cm³/mol. The van der Waals surface area contributed by atoms with Crippen LogP contribution in [-0.4, -0.2) is 27.6 Å². The first kappa shape index (κ1) is 17.0. The second-order valence-corrected chi connectivity index (χ2v) is 6.92. The molecule has 1 aromatic heterocycles. The molecule has 2 heterocycles. The van der Waals surface area contributed by atoms with Crippen LogP contribution in [0.15, 0.2) is 42.6 Å². The number of H-pyrrole nitrogens is 1. The van der Waals surface area contributed by atoms with Crippen LogP contribution in [0.2, 0.25) is 0 Å². The maximum atomic E-state index is 12.3. The maximum absolute atomic E-state index is 12.3. The number of piperazine rings is 1. The lowest BCUT2D eigenvalue weighted by atomic mass is 9.86. The summed E-state index contributed by atoms with van der Waals surface area (Å²) in [5.41, 5.74) is 0.406. The molecule has 0 bridgehead atoms. The van der Waals surface area contributed by atoms with Gasteiger partial charge in [-0.2, -0.15) is 0 Å². The van der Waals surface area contributed by atoms with Crippen LogP contribution >= 0.6 is 0 Å². The number of fused-ring (bicyclic) bond motifs is 1. The first-order valence-corrected chi connectivity index (χ1v) is 7.98. The van der Waals surface area contributed by atoms with E-state index in [1.165, 1.54) is 6.92 Å². The van der Waals surface area contributed by atoms with Gasteiger partial charge in [0.05, 0.1) is 0 Å². The summed E-state index contributed by atoms with van der Waals surface area (Å²) < 4.78 is 0. The number of aromatic nitrogens is 1. The van der Waals surface area contributed by atoms with Gasteiger partial charge >= 0.3 is 0 Å². The van der Waals surface area contributed by atoms with Crippen molar-refractivity contribution in [3.63, 3.8) is 0 Å². The first-order chi connectivity index (χ1) is 11.7. The van der Waals surface area contributed by atoms with Gasteiger partial charge in [0.2, 0.25) is 5.72 Å². The molecule has 1 aliphatic heterocycles. The average Bonchev–Trinajstić information content (AvgIpc) is 2.92. The molecule has 1 fully saturated rings. The van der Waals surface area contributed by atoms with Crippen LogP contribution in [0.3, 0.4) is 0 Å². The Bertz CT molecular complexity index is 919. The molecule has 1 aliphatic rings. The number of nitrogens with one attached hydrogen (secondary N) is 3. The Kier molecular flexibility index (Phi) is 3.80. The summed E-state index contributed by atoms with van der Waals surface area (Å²) in [5, 5.41) is 15.6. The van der Waals surface area contributed by atoms with E-state index >= 15 is 0 Å². The van der Waals surface area contributed by atoms with Gasteiger partial charge in [-0.3, -0.25) is 9.59 Å². The van der Waals surface area contributed by atoms with Gasteiger partial charge in [-0.25, -0.2) is 0 Å². The molecule has 0 aliphatic carbocycles. The maximum Gasteiger partial charge on any atom is 0.277 e. The Balaban J connectivity index is 2.18. The van der Waals surface area contributed by atoms with Crippen molar-refractivity contribution in [3.05, 3.63) is 53.9 Å². The number of hydrogen-bond donors (Lipinski definition) is 4. The summed E-state index contributed by atoms with van der Waals surface area (Å²) in [7, 11) is 0. The summed E-state index contributed by atoms with van der Waals surface area (Å²) >= 11 is 0. The summed E-state index contributed by atoms with van der Waals surface area (Å²) in [6.45, 7) is 9.14. The molecule has 6 heteroatoms. The summed E-state index contributed by atoms with van der Waals surface area (Å²) in [5.74, 6) is -1.22. The predicted octanol–water partition coefficient (Wildman–Crippen LogP) is 1.93. The Morgan fingerprint density at radius 2 is 1.92 bits per heavy atom. The monoisotopic (exact) mass is 339 g/mol. The largest absolute Gasteiger partial charge is 0.363 e. The molecule has 130 valence electrons. The van der Waals surface area contributed by atoms with Crippen LogP contribution in [-0.2, 0) is 15.0 Å². The number of aromatic amines is 1. The van der Waals surface area contributed by atoms with Gasteiger partial charge in [-0.15, -0.1) is 6.58 Å². The zero-order chi connectivity index (χ0) is 18.4. The van der Waals surface area contributed by atoms with Crippen molar-refractivity contribution < 1.29 is 14.7 Å². The number of rotatable bonds is 3. The molecule has 4 N–H and O–H groups in total. The number of amides is 2. The number of para-hydroxylation sites is 1. The normalized spacial score (nSPS) is 22.8. The molecular formula is C19H21N3O3. The van der Waals surface area contributed by atoms with Crippen molar-refractivity contribution in [1.82, 2.24) is 15.6 Å². The Morgan fingerprint density at radius 3 is 2.60 bits per heavy atom. The van der Waals surface area contributed by atoms with Gasteiger partial charge in [-0.05, 0) is 19.1 Å². The number of carbonyl (C=O) groups is 2. The number of carbonyl (C=O) groups excluding carboxylic acids is 2. The highest BCUT2D eigenvalue weighted by Crippen LogP contribution is 2.34. The van der Waals surface area contributed by atoms with E-state index in [0.717, 1.165) is 22.2 Å². The fraction of sp³-hybridized carbons (Fsp3) is 0.263. The van der Waals surface area contributed by atoms with E-state index < -0.39 is 17.5 Å². The van der Waals surface area contributed by atoms with Gasteiger partial charge in [-0.1, -0.05) is 38.1 Å². The van der Waals surface area contributed by atoms with E-state index in [1.807, 2.05) is 44.2 Å². The van der Waals surface area contributed by atoms with Gasteiger partial charge in [0, 0.05) is 27.6 Å². The molecule has 3 rings (SSSR count). The Morgan fingerprint density at radius 1 is 1.24 bits per heavy atom. The van der Waals surface area contributed by atoms with Crippen molar-refractivity contribution in [3.8, 4) is 0 Å². The highest BCUT2D eigenvalue weighted by Gasteiger charge is 2.39. The number of aliphatic hydroxyl groups is 1. The van der Waals surface area contributed by atoms with Crippen LogP contribution in [0, 0.1) is 0 Å². The molecule has 2 aromatic rings. The quantitative estimate of drug-likeness (QED) is 0.508. The SMILES string of the molecule is C=CC(C)(C)c1[nH]c2ccccc2c1/C=C1\NC(=O)C(C)(O)NC1=O. The molecular weight excluding hydrogens is 318 g/mol. The first-order valence-electron chi connectivity index (χ1n) is 7.98. The zero-order valence-corrected chi connectivity index (χ0v) is 14.4. The molecule has 0 radical (unpaired) electrons. The third-order valence-electron chi connectivity index (χ3n) is 4.48. The number of allylic oxidation sites excluding steroid dienone is 1. The highest BCUT2D eigenvalue weighted by molar-refractivity contribution is 6.09. The van der Waals surface area contributed by atoms with Crippen molar-refractivity contribution in [2.75, 3.05) is 0 Å². The number of benzene rings is 1. The lowest BCUT2D eigenvalue weighted by Gasteiger charge is -2.29. The molecule has 1 saturated heterocycles. The molecule has 2 amide bonds. The summed E-state index contributed by atoms with van der Waals surface area (Å²) in [6.07, 6.45) is 3.45. The van der Waals surface area contributed by atoms with Crippen molar-refractivity contribution >= 4 is 28.8 Å². The van der Waals surface area contributed by atoms with Gasteiger partial charge in [0.25, 0.3) is 11.8 Å². The lowest BCUT2D eigenvalue weighted by molar-refractivity contribution is -0.149. The van der Waals surface area contributed by atoms with E-state index in [0.29, 0.717) is 0 Å². The minimum absolute atomic E-state index is 0.0855. The molecule has 0 spiro atoms. The summed E-state index contributed by atoms with van der Waals surface area (Å²) in [6, 6.07) is 7.73. The molecule has 6 nitrogen and oxygen atoms in total. The van der Waals surface area contributed by atoms with Crippen molar-refractivity contribution in [2.45, 2.75) is 31.9 Å². The third-order valence-corrected chi connectivity index (χ3v) is 4.48. The second kappa shape index (κ2) is 5.60. The van der Waals surface area contributed by atoms with Gasteiger partial charge in [0.15, 0.2) is 0 Å². The Labute approximate surface area is 145 Å². The standard InChI is InChI=1S/C19H21N3O3/c1-5-18(2,3)15-12(11-8-6-7-9-13(11)20-15)10-14-16(23)22-19(4,25)17(24)21-14/h5-10,20,25H,1H2,2-4H3,(H,21,24)(H,22,23)/b14-10-. The zero-order valence-electron chi connectivity index (χ0n) is 14.4. The minimum atomic E-state index is -1.92. The fourth-order valence-corrected chi connectivity index (χ4v) is 2.82. The van der Waals surface area contributed by atoms with Gasteiger partial charge < -0.3 is 20.7 Å². The molecule has 0 saturated carbocycles. The van der Waals surface area contributed by atoms with E-state index in [9.17, 15) is 14.7 Å². The van der Waals surface area contributed by atoms with Crippen LogP contribution in [0.5, 0.6) is 0 Å². The topological polar surface area (TPSA) is 94.2 Å². The number of hydrogen-bond acceptors (Lipinski definition) is 3. The van der Waals surface area contributed by atoms with E-state index in [-0.39, 0.29) is 11.1 Å². The van der Waals surface area contributed by atoms with Crippen molar-refractivity contribution in [2.24, 2.45) is 0 Å². The molecule has 1 atom stereocenters. The molecule has 25 heavy (non-hydrogen) atoms. The van der Waals surface area contributed by atoms with Crippen LogP contribution in [0.1, 0.15) is 32.0 Å². The van der Waals surface area contributed by atoms with E-state index in [2.05, 4.69) is 22.2 Å². The molecule has 1 aromatic carbocycles. The smallest absolute Gasteiger partial charge is 0.277 e. The van der Waals surface area contributed by atoms with E-state index in [4.69, 9.17) is 0 Å². The van der Waals surface area contributed by atoms with Crippen LogP contribution in [0.4, 0.5) is 0 Å². The molecule has 1 unspecified atom stereocenters. The van der Waals surface area contributed by atoms with E-state index in [1.54, 1.807) is 6.08 Å². The van der Waals surface area contributed by atoms with Crippen molar-refractivity contribution in [1.29, 1.82) is 0 Å². The fourth-order valence-electron chi connectivity index (χ4n) is 2.82. The average molecular weight is 339 g/mol. The van der Waals surface area contributed by atoms with Gasteiger partial charge in [0.1, 0.15) is 5.70 Å². The minimum Gasteiger partial charge on any atom is -0.363 e. The second-order valence-electron chi connectivity index (χ2n) is 6.92. The highest BCUT2D eigenvalue weighted by atomic mass is 16.3. The summed E-state index contributed by atoms with van der Waals surface area (Å²) in [4.78, 5) is 27.6. The van der Waals surface area contributed by atoms with Crippen LogP contribution in [0.25, 0.3) is 17.0 Å².